The standard InChI is InChI=1S/C30H26N4/c1-20-9-7-8-12-23(20)21-13-14-24-25(19-21)34-27-26(31-17-18-32-27)33(22-10-5-4-6-11-22)28(34)30(3)16-15-29(24,30)2/h4-19,28H,1-3H3. The van der Waals surface area contributed by atoms with Crippen LogP contribution in [-0.4, -0.2) is 16.1 Å². The van der Waals surface area contributed by atoms with Crippen LogP contribution in [0.3, 0.4) is 0 Å². The molecule has 3 heterocycles. The second-order valence-corrected chi connectivity index (χ2v) is 10.0. The first-order valence-corrected chi connectivity index (χ1v) is 11.9. The van der Waals surface area contributed by atoms with Crippen molar-refractivity contribution in [1.29, 1.82) is 0 Å². The van der Waals surface area contributed by atoms with Gasteiger partial charge in [-0.1, -0.05) is 80.6 Å². The first-order chi connectivity index (χ1) is 16.5. The zero-order valence-electron chi connectivity index (χ0n) is 19.6. The van der Waals surface area contributed by atoms with E-state index in [1.54, 1.807) is 6.20 Å². The second-order valence-electron chi connectivity index (χ2n) is 10.0. The van der Waals surface area contributed by atoms with Crippen molar-refractivity contribution >= 4 is 23.0 Å². The van der Waals surface area contributed by atoms with E-state index in [-0.39, 0.29) is 17.0 Å². The van der Waals surface area contributed by atoms with Crippen LogP contribution in [0.25, 0.3) is 11.1 Å². The van der Waals surface area contributed by atoms with E-state index in [0.717, 1.165) is 17.3 Å². The van der Waals surface area contributed by atoms with E-state index in [2.05, 4.69) is 116 Å². The third kappa shape index (κ3) is 2.28. The van der Waals surface area contributed by atoms with Crippen LogP contribution in [0.5, 0.6) is 0 Å². The highest BCUT2D eigenvalue weighted by molar-refractivity contribution is 5.89. The molecule has 7 rings (SSSR count). The molecular weight excluding hydrogens is 416 g/mol. The summed E-state index contributed by atoms with van der Waals surface area (Å²) in [5.41, 5.74) is 7.29. The molecule has 1 aromatic heterocycles. The third-order valence-electron chi connectivity index (χ3n) is 8.33. The van der Waals surface area contributed by atoms with Crippen LogP contribution in [-0.2, 0) is 5.41 Å². The van der Waals surface area contributed by atoms with Crippen molar-refractivity contribution in [2.75, 3.05) is 9.80 Å². The molecular formula is C30H26N4. The van der Waals surface area contributed by atoms with Gasteiger partial charge >= 0.3 is 0 Å². The van der Waals surface area contributed by atoms with Gasteiger partial charge in [-0.3, -0.25) is 0 Å². The Morgan fingerprint density at radius 1 is 0.765 bits per heavy atom. The van der Waals surface area contributed by atoms with E-state index in [1.807, 2.05) is 6.20 Å². The highest BCUT2D eigenvalue weighted by Gasteiger charge is 2.64. The quantitative estimate of drug-likeness (QED) is 0.316. The van der Waals surface area contributed by atoms with Crippen LogP contribution in [0, 0.1) is 12.3 Å². The molecule has 0 radical (unpaired) electrons. The topological polar surface area (TPSA) is 32.3 Å². The number of rotatable bonds is 2. The summed E-state index contributed by atoms with van der Waals surface area (Å²) in [6.07, 6.45) is 8.41. The smallest absolute Gasteiger partial charge is 0.178 e. The number of para-hydroxylation sites is 1. The number of anilines is 4. The molecule has 3 aliphatic rings. The molecule has 4 heteroatoms. The van der Waals surface area contributed by atoms with Gasteiger partial charge in [0, 0.05) is 34.6 Å². The highest BCUT2D eigenvalue weighted by Crippen LogP contribution is 2.66. The summed E-state index contributed by atoms with van der Waals surface area (Å²) in [6, 6.07) is 26.2. The van der Waals surface area contributed by atoms with Crippen molar-refractivity contribution in [3.8, 4) is 11.1 Å². The molecule has 0 fully saturated rings. The number of allylic oxidation sites excluding steroid dienone is 1. The molecule has 4 aromatic rings. The molecule has 0 saturated heterocycles. The fourth-order valence-electron chi connectivity index (χ4n) is 6.21. The summed E-state index contributed by atoms with van der Waals surface area (Å²) in [7, 11) is 0. The lowest BCUT2D eigenvalue weighted by molar-refractivity contribution is 0.174. The Hall–Kier alpha value is -3.92. The van der Waals surface area contributed by atoms with E-state index in [9.17, 15) is 0 Å². The molecule has 0 saturated carbocycles. The number of hydrogen-bond acceptors (Lipinski definition) is 4. The van der Waals surface area contributed by atoms with Gasteiger partial charge in [-0.15, -0.1) is 0 Å². The fraction of sp³-hybridized carbons (Fsp3) is 0.200. The summed E-state index contributed by atoms with van der Waals surface area (Å²) in [6.45, 7) is 6.94. The number of nitrogens with zero attached hydrogens (tertiary/aromatic N) is 4. The van der Waals surface area contributed by atoms with Gasteiger partial charge in [0.1, 0.15) is 6.17 Å². The molecule has 0 spiro atoms. The number of hydrogen-bond donors (Lipinski definition) is 0. The Morgan fingerprint density at radius 3 is 2.18 bits per heavy atom. The maximum Gasteiger partial charge on any atom is 0.178 e. The number of aryl methyl sites for hydroxylation is 1. The second kappa shape index (κ2) is 6.57. The molecule has 3 unspecified atom stereocenters. The molecule has 3 aromatic carbocycles. The fourth-order valence-corrected chi connectivity index (χ4v) is 6.21. The third-order valence-corrected chi connectivity index (χ3v) is 8.33. The van der Waals surface area contributed by atoms with Gasteiger partial charge in [0.15, 0.2) is 11.6 Å². The molecule has 0 bridgehead atoms. The van der Waals surface area contributed by atoms with Crippen LogP contribution in [0.4, 0.5) is 23.0 Å². The van der Waals surface area contributed by atoms with Gasteiger partial charge in [-0.05, 0) is 47.4 Å². The summed E-state index contributed by atoms with van der Waals surface area (Å²) >= 11 is 0. The molecule has 166 valence electrons. The van der Waals surface area contributed by atoms with E-state index >= 15 is 0 Å². The number of fused-ring (bicyclic) bond motifs is 8. The summed E-state index contributed by atoms with van der Waals surface area (Å²) < 4.78 is 0. The maximum atomic E-state index is 4.87. The summed E-state index contributed by atoms with van der Waals surface area (Å²) in [4.78, 5) is 14.5. The van der Waals surface area contributed by atoms with Crippen molar-refractivity contribution in [3.05, 3.63) is 108 Å². The Kier molecular flexibility index (Phi) is 3.78. The molecule has 34 heavy (non-hydrogen) atoms. The number of benzene rings is 3. The molecule has 0 amide bonds. The zero-order valence-corrected chi connectivity index (χ0v) is 19.6. The normalized spacial score (nSPS) is 25.8. The van der Waals surface area contributed by atoms with E-state index in [4.69, 9.17) is 9.97 Å². The Labute approximate surface area is 200 Å². The minimum atomic E-state index is -0.109. The lowest BCUT2D eigenvalue weighted by Crippen LogP contribution is -2.64. The van der Waals surface area contributed by atoms with E-state index in [0.29, 0.717) is 0 Å². The van der Waals surface area contributed by atoms with Gasteiger partial charge in [0.25, 0.3) is 0 Å². The van der Waals surface area contributed by atoms with Crippen LogP contribution >= 0.6 is 0 Å². The molecule has 2 aliphatic heterocycles. The van der Waals surface area contributed by atoms with Crippen molar-refractivity contribution in [1.82, 2.24) is 9.97 Å². The maximum absolute atomic E-state index is 4.87. The lowest BCUT2D eigenvalue weighted by atomic mass is 9.50. The van der Waals surface area contributed by atoms with Crippen LogP contribution in [0.1, 0.15) is 25.0 Å². The predicted octanol–water partition coefficient (Wildman–Crippen LogP) is 6.92. The first-order valence-electron chi connectivity index (χ1n) is 11.9. The minimum Gasteiger partial charge on any atom is -0.301 e. The Morgan fingerprint density at radius 2 is 1.47 bits per heavy atom. The van der Waals surface area contributed by atoms with Gasteiger partial charge in [-0.25, -0.2) is 9.97 Å². The largest absolute Gasteiger partial charge is 0.301 e. The predicted molar refractivity (Wildman–Crippen MR) is 138 cm³/mol. The zero-order chi connectivity index (χ0) is 23.1. The monoisotopic (exact) mass is 442 g/mol. The average Bonchev–Trinajstić information content (AvgIpc) is 3.22. The average molecular weight is 443 g/mol. The van der Waals surface area contributed by atoms with Gasteiger partial charge in [-0.2, -0.15) is 0 Å². The molecule has 3 atom stereocenters. The summed E-state index contributed by atoms with van der Waals surface area (Å²) in [5, 5.41) is 0. The minimum absolute atomic E-state index is 0.0434. The van der Waals surface area contributed by atoms with Crippen LogP contribution < -0.4 is 9.80 Å². The Bertz CT molecular complexity index is 1480. The van der Waals surface area contributed by atoms with Crippen molar-refractivity contribution in [2.24, 2.45) is 5.41 Å². The van der Waals surface area contributed by atoms with Crippen molar-refractivity contribution < 1.29 is 0 Å². The van der Waals surface area contributed by atoms with Gasteiger partial charge < -0.3 is 9.80 Å². The first kappa shape index (κ1) is 19.5. The van der Waals surface area contributed by atoms with Crippen molar-refractivity contribution in [3.63, 3.8) is 0 Å². The summed E-state index contributed by atoms with van der Waals surface area (Å²) in [5.74, 6) is 1.83. The SMILES string of the molecule is Cc1ccccc1-c1ccc2c(c1)N1c3nccnc3N(c3ccccc3)C1C1(C)C=CC21C. The van der Waals surface area contributed by atoms with E-state index in [1.165, 1.54) is 27.9 Å². The Balaban J connectivity index is 1.52. The van der Waals surface area contributed by atoms with Crippen LogP contribution in [0.15, 0.2) is 97.3 Å². The highest BCUT2D eigenvalue weighted by atomic mass is 15.5. The van der Waals surface area contributed by atoms with Crippen LogP contribution in [0.2, 0.25) is 0 Å². The van der Waals surface area contributed by atoms with Gasteiger partial charge in [0.2, 0.25) is 0 Å². The van der Waals surface area contributed by atoms with Crippen molar-refractivity contribution in [2.45, 2.75) is 32.4 Å². The van der Waals surface area contributed by atoms with Gasteiger partial charge in [0.05, 0.1) is 0 Å². The molecule has 1 aliphatic carbocycles. The molecule has 0 N–H and O–H groups in total. The lowest BCUT2D eigenvalue weighted by Gasteiger charge is -2.61. The molecule has 4 nitrogen and oxygen atoms in total. The number of aromatic nitrogens is 2. The van der Waals surface area contributed by atoms with E-state index < -0.39 is 0 Å².